The van der Waals surface area contributed by atoms with Crippen LogP contribution in [0.2, 0.25) is 0 Å². The molecule has 0 spiro atoms. The maximum absolute atomic E-state index is 11.2. The van der Waals surface area contributed by atoms with Crippen molar-refractivity contribution in [2.24, 2.45) is 0 Å². The van der Waals surface area contributed by atoms with Gasteiger partial charge in [-0.05, 0) is 33.6 Å². The smallest absolute Gasteiger partial charge is 0.0363 e. The van der Waals surface area contributed by atoms with Crippen molar-refractivity contribution >= 4 is 10.8 Å². The molecule has 4 nitrogen and oxygen atoms in total. The summed E-state index contributed by atoms with van der Waals surface area (Å²) in [6.07, 6.45) is 1.21. The van der Waals surface area contributed by atoms with Crippen LogP contribution in [0.3, 0.4) is 0 Å². The molecule has 16 heavy (non-hydrogen) atoms. The van der Waals surface area contributed by atoms with Crippen LogP contribution in [0.25, 0.3) is 0 Å². The van der Waals surface area contributed by atoms with Crippen molar-refractivity contribution in [3.8, 4) is 0 Å². The lowest BCUT2D eigenvalue weighted by Crippen LogP contribution is -2.41. The Bertz CT molecular complexity index is 201. The van der Waals surface area contributed by atoms with Gasteiger partial charge in [0.15, 0.2) is 0 Å². The van der Waals surface area contributed by atoms with Crippen LogP contribution in [0, 0.1) is 0 Å². The van der Waals surface area contributed by atoms with Crippen LogP contribution in [0.4, 0.5) is 0 Å². The molecule has 1 N–H and O–H groups in total. The van der Waals surface area contributed by atoms with Gasteiger partial charge < -0.3 is 15.1 Å². The SMILES string of the molecule is CN(C)CCCNCCN1CCS(=O)CC1. The van der Waals surface area contributed by atoms with E-state index in [0.717, 1.165) is 50.8 Å². The molecule has 0 saturated carbocycles. The van der Waals surface area contributed by atoms with Gasteiger partial charge in [0.25, 0.3) is 0 Å². The molecular formula is C11H25N3OS. The fourth-order valence-corrected chi connectivity index (χ4v) is 2.91. The molecule has 0 aromatic carbocycles. The van der Waals surface area contributed by atoms with Crippen LogP contribution < -0.4 is 5.32 Å². The van der Waals surface area contributed by atoms with Crippen LogP contribution in [-0.2, 0) is 10.8 Å². The molecule has 1 heterocycles. The normalized spacial score (nSPS) is 19.4. The summed E-state index contributed by atoms with van der Waals surface area (Å²) in [5.41, 5.74) is 0. The zero-order valence-electron chi connectivity index (χ0n) is 10.6. The summed E-state index contributed by atoms with van der Waals surface area (Å²) in [7, 11) is 3.67. The summed E-state index contributed by atoms with van der Waals surface area (Å²) < 4.78 is 11.2. The average molecular weight is 247 g/mol. The molecule has 0 amide bonds. The van der Waals surface area contributed by atoms with Crippen LogP contribution in [0.1, 0.15) is 6.42 Å². The first-order valence-corrected chi connectivity index (χ1v) is 7.60. The maximum atomic E-state index is 11.2. The van der Waals surface area contributed by atoms with Gasteiger partial charge in [0, 0.05) is 48.5 Å². The number of hydrogen-bond acceptors (Lipinski definition) is 4. The molecular weight excluding hydrogens is 222 g/mol. The summed E-state index contributed by atoms with van der Waals surface area (Å²) in [4.78, 5) is 4.61. The number of nitrogens with one attached hydrogen (secondary N) is 1. The summed E-state index contributed by atoms with van der Waals surface area (Å²) in [6.45, 7) is 6.41. The largest absolute Gasteiger partial charge is 0.315 e. The first-order valence-electron chi connectivity index (χ1n) is 6.11. The van der Waals surface area contributed by atoms with E-state index in [2.05, 4.69) is 29.2 Å². The Kier molecular flexibility index (Phi) is 7.20. The predicted octanol–water partition coefficient (Wildman–Crippen LogP) is -0.408. The summed E-state index contributed by atoms with van der Waals surface area (Å²) in [6, 6.07) is 0. The molecule has 1 rings (SSSR count). The topological polar surface area (TPSA) is 35.6 Å². The summed E-state index contributed by atoms with van der Waals surface area (Å²) >= 11 is 0. The monoisotopic (exact) mass is 247 g/mol. The molecule has 0 bridgehead atoms. The third kappa shape index (κ3) is 6.58. The van der Waals surface area contributed by atoms with Gasteiger partial charge in [-0.1, -0.05) is 0 Å². The van der Waals surface area contributed by atoms with Gasteiger partial charge in [0.05, 0.1) is 0 Å². The van der Waals surface area contributed by atoms with Crippen LogP contribution in [0.5, 0.6) is 0 Å². The number of hydrogen-bond donors (Lipinski definition) is 1. The third-order valence-corrected chi connectivity index (χ3v) is 4.11. The Balaban J connectivity index is 1.89. The van der Waals surface area contributed by atoms with Crippen molar-refractivity contribution < 1.29 is 4.21 Å². The zero-order valence-corrected chi connectivity index (χ0v) is 11.4. The van der Waals surface area contributed by atoms with E-state index in [1.807, 2.05) is 0 Å². The quantitative estimate of drug-likeness (QED) is 0.621. The first kappa shape index (κ1) is 14.1. The minimum absolute atomic E-state index is 0.544. The van der Waals surface area contributed by atoms with E-state index >= 15 is 0 Å². The van der Waals surface area contributed by atoms with E-state index in [1.54, 1.807) is 0 Å². The fourth-order valence-electron chi connectivity index (χ4n) is 1.78. The molecule has 0 aromatic rings. The Morgan fingerprint density at radius 1 is 1.25 bits per heavy atom. The fraction of sp³-hybridized carbons (Fsp3) is 1.00. The van der Waals surface area contributed by atoms with Gasteiger partial charge in [0.2, 0.25) is 0 Å². The van der Waals surface area contributed by atoms with Crippen molar-refractivity contribution in [2.45, 2.75) is 6.42 Å². The molecule has 96 valence electrons. The first-order chi connectivity index (χ1) is 7.68. The lowest BCUT2D eigenvalue weighted by atomic mass is 10.4. The van der Waals surface area contributed by atoms with Crippen molar-refractivity contribution in [3.05, 3.63) is 0 Å². The molecule has 0 unspecified atom stereocenters. The highest BCUT2D eigenvalue weighted by Gasteiger charge is 2.13. The van der Waals surface area contributed by atoms with E-state index < -0.39 is 10.8 Å². The van der Waals surface area contributed by atoms with E-state index in [1.165, 1.54) is 6.42 Å². The third-order valence-electron chi connectivity index (χ3n) is 2.83. The molecule has 0 aromatic heterocycles. The highest BCUT2D eigenvalue weighted by molar-refractivity contribution is 7.85. The van der Waals surface area contributed by atoms with Gasteiger partial charge in [-0.3, -0.25) is 4.21 Å². The van der Waals surface area contributed by atoms with Crippen molar-refractivity contribution in [3.63, 3.8) is 0 Å². The number of nitrogens with zero attached hydrogens (tertiary/aromatic N) is 2. The van der Waals surface area contributed by atoms with Crippen LogP contribution >= 0.6 is 0 Å². The standard InChI is InChI=1S/C11H25N3OS/c1-13(2)6-3-4-12-5-7-14-8-10-16(15)11-9-14/h12H,3-11H2,1-2H3. The van der Waals surface area contributed by atoms with E-state index in [9.17, 15) is 4.21 Å². The van der Waals surface area contributed by atoms with Crippen molar-refractivity contribution in [2.75, 3.05) is 64.9 Å². The zero-order chi connectivity index (χ0) is 11.8. The van der Waals surface area contributed by atoms with Crippen LogP contribution in [-0.4, -0.2) is 78.9 Å². The van der Waals surface area contributed by atoms with Gasteiger partial charge in [0.1, 0.15) is 0 Å². The summed E-state index contributed by atoms with van der Waals surface area (Å²) in [5.74, 6) is 1.72. The molecule has 0 radical (unpaired) electrons. The second-order valence-corrected chi connectivity index (χ2v) is 6.29. The Labute approximate surface area is 102 Å². The van der Waals surface area contributed by atoms with E-state index in [-0.39, 0.29) is 0 Å². The van der Waals surface area contributed by atoms with Crippen LogP contribution in [0.15, 0.2) is 0 Å². The summed E-state index contributed by atoms with van der Waals surface area (Å²) in [5, 5.41) is 3.46. The van der Waals surface area contributed by atoms with Gasteiger partial charge in [-0.15, -0.1) is 0 Å². The minimum atomic E-state index is -0.544. The molecule has 0 aliphatic carbocycles. The van der Waals surface area contributed by atoms with E-state index in [0.29, 0.717) is 0 Å². The van der Waals surface area contributed by atoms with Crippen molar-refractivity contribution in [1.29, 1.82) is 0 Å². The lowest BCUT2D eigenvalue weighted by Gasteiger charge is -2.26. The predicted molar refractivity (Wildman–Crippen MR) is 70.4 cm³/mol. The number of rotatable bonds is 7. The van der Waals surface area contributed by atoms with Gasteiger partial charge in [-0.2, -0.15) is 0 Å². The molecule has 1 saturated heterocycles. The second-order valence-electron chi connectivity index (χ2n) is 4.60. The lowest BCUT2D eigenvalue weighted by molar-refractivity contribution is 0.296. The highest BCUT2D eigenvalue weighted by Crippen LogP contribution is 1.98. The Hall–Kier alpha value is 0.0300. The maximum Gasteiger partial charge on any atom is 0.0363 e. The Morgan fingerprint density at radius 2 is 1.94 bits per heavy atom. The molecule has 0 atom stereocenters. The molecule has 1 fully saturated rings. The van der Waals surface area contributed by atoms with Gasteiger partial charge >= 0.3 is 0 Å². The average Bonchev–Trinajstić information content (AvgIpc) is 2.25. The van der Waals surface area contributed by atoms with Gasteiger partial charge in [-0.25, -0.2) is 0 Å². The molecule has 5 heteroatoms. The van der Waals surface area contributed by atoms with Crippen molar-refractivity contribution in [1.82, 2.24) is 15.1 Å². The molecule has 1 aliphatic rings. The minimum Gasteiger partial charge on any atom is -0.315 e. The Morgan fingerprint density at radius 3 is 2.56 bits per heavy atom. The highest BCUT2D eigenvalue weighted by atomic mass is 32.2. The second kappa shape index (κ2) is 8.17. The van der Waals surface area contributed by atoms with E-state index in [4.69, 9.17) is 0 Å². The molecule has 1 aliphatic heterocycles.